The average Bonchev–Trinajstić information content (AvgIpc) is 2.93. The van der Waals surface area contributed by atoms with Gasteiger partial charge in [-0.25, -0.2) is 0 Å². The van der Waals surface area contributed by atoms with Gasteiger partial charge in [-0.1, -0.05) is 42.5 Å². The molecule has 0 bridgehead atoms. The molecule has 0 aliphatic carbocycles. The molecule has 2 aromatic carbocycles. The van der Waals surface area contributed by atoms with Crippen molar-refractivity contribution in [3.8, 4) is 0 Å². The molecule has 2 aromatic rings. The van der Waals surface area contributed by atoms with Crippen molar-refractivity contribution in [1.29, 1.82) is 0 Å². The second-order valence-corrected chi connectivity index (χ2v) is 6.90. The molecule has 2 aliphatic rings. The van der Waals surface area contributed by atoms with E-state index in [9.17, 15) is 9.90 Å². The fourth-order valence-electron chi connectivity index (χ4n) is 4.32. The van der Waals surface area contributed by atoms with E-state index in [0.29, 0.717) is 12.0 Å². The van der Waals surface area contributed by atoms with E-state index in [1.54, 1.807) is 0 Å². The molecule has 2 aliphatic heterocycles. The molecule has 4 rings (SSSR count). The molecule has 0 saturated carbocycles. The van der Waals surface area contributed by atoms with Crippen molar-refractivity contribution in [2.24, 2.45) is 5.92 Å². The van der Waals surface area contributed by atoms with Gasteiger partial charge in [0.05, 0.1) is 6.10 Å². The van der Waals surface area contributed by atoms with Crippen molar-refractivity contribution in [2.45, 2.75) is 31.4 Å². The van der Waals surface area contributed by atoms with Crippen LogP contribution in [0, 0.1) is 5.92 Å². The number of carboxylic acids is 1. The molecular formula is C20H23NO3. The minimum Gasteiger partial charge on any atom is -0.480 e. The SMILES string of the molecule is O=C(O)C(c1cccc2ccccc12)N1CCC[C@@H]2OCC[C@@H]2C1. The molecular weight excluding hydrogens is 302 g/mol. The van der Waals surface area contributed by atoms with Gasteiger partial charge in [0.25, 0.3) is 0 Å². The largest absolute Gasteiger partial charge is 0.480 e. The molecule has 3 atom stereocenters. The van der Waals surface area contributed by atoms with Gasteiger partial charge in [-0.2, -0.15) is 0 Å². The summed E-state index contributed by atoms with van der Waals surface area (Å²) in [6.07, 6.45) is 3.40. The Morgan fingerprint density at radius 1 is 1.17 bits per heavy atom. The highest BCUT2D eigenvalue weighted by molar-refractivity contribution is 5.90. The first kappa shape index (κ1) is 15.6. The lowest BCUT2D eigenvalue weighted by atomic mass is 9.96. The Labute approximate surface area is 142 Å². The topological polar surface area (TPSA) is 49.8 Å². The molecule has 0 aromatic heterocycles. The van der Waals surface area contributed by atoms with Crippen molar-refractivity contribution in [3.63, 3.8) is 0 Å². The number of fused-ring (bicyclic) bond motifs is 2. The van der Waals surface area contributed by atoms with E-state index < -0.39 is 12.0 Å². The number of nitrogens with zero attached hydrogens (tertiary/aromatic N) is 1. The zero-order valence-corrected chi connectivity index (χ0v) is 13.7. The fourth-order valence-corrected chi connectivity index (χ4v) is 4.32. The van der Waals surface area contributed by atoms with Gasteiger partial charge >= 0.3 is 5.97 Å². The van der Waals surface area contributed by atoms with E-state index in [1.807, 2.05) is 42.5 Å². The summed E-state index contributed by atoms with van der Waals surface area (Å²) in [7, 11) is 0. The summed E-state index contributed by atoms with van der Waals surface area (Å²) in [6.45, 7) is 2.44. The van der Waals surface area contributed by atoms with Crippen LogP contribution in [0.15, 0.2) is 42.5 Å². The van der Waals surface area contributed by atoms with Gasteiger partial charge < -0.3 is 9.84 Å². The molecule has 126 valence electrons. The summed E-state index contributed by atoms with van der Waals surface area (Å²) in [4.78, 5) is 14.3. The molecule has 0 radical (unpaired) electrons. The van der Waals surface area contributed by atoms with Gasteiger partial charge in [-0.15, -0.1) is 0 Å². The predicted molar refractivity (Wildman–Crippen MR) is 93.0 cm³/mol. The Kier molecular flexibility index (Phi) is 4.25. The van der Waals surface area contributed by atoms with Gasteiger partial charge in [-0.05, 0) is 42.1 Å². The number of rotatable bonds is 3. The zero-order chi connectivity index (χ0) is 16.5. The van der Waals surface area contributed by atoms with E-state index >= 15 is 0 Å². The van der Waals surface area contributed by atoms with Gasteiger partial charge in [0.1, 0.15) is 6.04 Å². The van der Waals surface area contributed by atoms with Gasteiger partial charge in [0.2, 0.25) is 0 Å². The number of ether oxygens (including phenoxy) is 1. The van der Waals surface area contributed by atoms with E-state index in [2.05, 4.69) is 4.90 Å². The maximum atomic E-state index is 12.2. The summed E-state index contributed by atoms with van der Waals surface area (Å²) < 4.78 is 5.83. The third kappa shape index (κ3) is 2.80. The fraction of sp³-hybridized carbons (Fsp3) is 0.450. The zero-order valence-electron chi connectivity index (χ0n) is 13.7. The quantitative estimate of drug-likeness (QED) is 0.939. The highest BCUT2D eigenvalue weighted by Crippen LogP contribution is 2.34. The summed E-state index contributed by atoms with van der Waals surface area (Å²) >= 11 is 0. The van der Waals surface area contributed by atoms with Crippen LogP contribution in [0.2, 0.25) is 0 Å². The summed E-state index contributed by atoms with van der Waals surface area (Å²) in [5.74, 6) is -0.298. The van der Waals surface area contributed by atoms with Crippen LogP contribution in [0.5, 0.6) is 0 Å². The van der Waals surface area contributed by atoms with Crippen molar-refractivity contribution >= 4 is 16.7 Å². The molecule has 1 N–H and O–H groups in total. The number of hydrogen-bond acceptors (Lipinski definition) is 3. The Balaban J connectivity index is 1.72. The van der Waals surface area contributed by atoms with Gasteiger partial charge in [0, 0.05) is 19.1 Å². The Bertz CT molecular complexity index is 739. The first-order chi connectivity index (χ1) is 11.7. The first-order valence-corrected chi connectivity index (χ1v) is 8.80. The molecule has 0 spiro atoms. The van der Waals surface area contributed by atoms with E-state index in [-0.39, 0.29) is 0 Å². The number of carbonyl (C=O) groups is 1. The minimum absolute atomic E-state index is 0.317. The van der Waals surface area contributed by atoms with Crippen molar-refractivity contribution < 1.29 is 14.6 Å². The second-order valence-electron chi connectivity index (χ2n) is 6.90. The standard InChI is InChI=1S/C20H23NO3/c22-20(23)19(17-8-3-6-14-5-1-2-7-16(14)17)21-11-4-9-18-15(13-21)10-12-24-18/h1-3,5-8,15,18-19H,4,9-13H2,(H,22,23)/t15-,18+,19?/m1/s1. The lowest BCUT2D eigenvalue weighted by Gasteiger charge is -2.30. The smallest absolute Gasteiger partial charge is 0.325 e. The number of benzene rings is 2. The Morgan fingerprint density at radius 3 is 2.88 bits per heavy atom. The van der Waals surface area contributed by atoms with Gasteiger partial charge in [0.15, 0.2) is 0 Å². The van der Waals surface area contributed by atoms with Crippen LogP contribution in [0.4, 0.5) is 0 Å². The monoisotopic (exact) mass is 325 g/mol. The molecule has 2 heterocycles. The van der Waals surface area contributed by atoms with Crippen LogP contribution in [0.1, 0.15) is 30.9 Å². The molecule has 4 heteroatoms. The van der Waals surface area contributed by atoms with Crippen LogP contribution in [-0.4, -0.2) is 41.8 Å². The third-order valence-corrected chi connectivity index (χ3v) is 5.47. The molecule has 24 heavy (non-hydrogen) atoms. The lowest BCUT2D eigenvalue weighted by molar-refractivity contribution is -0.143. The molecule has 2 saturated heterocycles. The van der Waals surface area contributed by atoms with Crippen LogP contribution >= 0.6 is 0 Å². The number of carboxylic acid groups (broad SMARTS) is 1. The highest BCUT2D eigenvalue weighted by Gasteiger charge is 2.37. The van der Waals surface area contributed by atoms with Crippen LogP contribution in [0.25, 0.3) is 10.8 Å². The maximum Gasteiger partial charge on any atom is 0.325 e. The summed E-state index contributed by atoms with van der Waals surface area (Å²) in [5, 5.41) is 12.1. The third-order valence-electron chi connectivity index (χ3n) is 5.47. The molecule has 2 fully saturated rings. The maximum absolute atomic E-state index is 12.2. The summed E-state index contributed by atoms with van der Waals surface area (Å²) in [5.41, 5.74) is 0.901. The molecule has 0 amide bonds. The number of aliphatic carboxylic acids is 1. The van der Waals surface area contributed by atoms with Crippen molar-refractivity contribution in [3.05, 3.63) is 48.0 Å². The van der Waals surface area contributed by atoms with E-state index in [1.165, 1.54) is 0 Å². The van der Waals surface area contributed by atoms with Crippen molar-refractivity contribution in [1.82, 2.24) is 4.90 Å². The van der Waals surface area contributed by atoms with Crippen molar-refractivity contribution in [2.75, 3.05) is 19.7 Å². The summed E-state index contributed by atoms with van der Waals surface area (Å²) in [6, 6.07) is 13.4. The first-order valence-electron chi connectivity index (χ1n) is 8.80. The second kappa shape index (κ2) is 6.54. The van der Waals surface area contributed by atoms with Gasteiger partial charge in [-0.3, -0.25) is 9.69 Å². The van der Waals surface area contributed by atoms with E-state index in [0.717, 1.165) is 55.3 Å². The predicted octanol–water partition coefficient (Wildman–Crippen LogP) is 3.47. The van der Waals surface area contributed by atoms with Crippen LogP contribution in [0.3, 0.4) is 0 Å². The molecule has 4 nitrogen and oxygen atoms in total. The number of hydrogen-bond donors (Lipinski definition) is 1. The highest BCUT2D eigenvalue weighted by atomic mass is 16.5. The van der Waals surface area contributed by atoms with Crippen LogP contribution in [-0.2, 0) is 9.53 Å². The number of likely N-dealkylation sites (tertiary alicyclic amines) is 1. The average molecular weight is 325 g/mol. The molecule has 1 unspecified atom stereocenters. The van der Waals surface area contributed by atoms with E-state index in [4.69, 9.17) is 4.74 Å². The Morgan fingerprint density at radius 2 is 2.00 bits per heavy atom. The lowest BCUT2D eigenvalue weighted by Crippen LogP contribution is -2.37. The normalized spacial score (nSPS) is 26.0. The van der Waals surface area contributed by atoms with Crippen LogP contribution < -0.4 is 0 Å². The Hall–Kier alpha value is -1.91. The minimum atomic E-state index is -0.760.